The Kier molecular flexibility index (Phi) is 3.88. The van der Waals surface area contributed by atoms with Crippen LogP contribution < -0.4 is 0 Å². The molecule has 2 saturated carbocycles. The number of rotatable bonds is 5. The average Bonchev–Trinajstić information content (AvgIpc) is 2.74. The largest absolute Gasteiger partial charge is 0.466 e. The van der Waals surface area contributed by atoms with Crippen molar-refractivity contribution in [2.75, 3.05) is 13.2 Å². The summed E-state index contributed by atoms with van der Waals surface area (Å²) in [6.07, 6.45) is 5.47. The number of esters is 1. The Bertz CT molecular complexity index is 330. The first-order valence-electron chi connectivity index (χ1n) is 6.82. The van der Waals surface area contributed by atoms with Gasteiger partial charge < -0.3 is 4.74 Å². The van der Waals surface area contributed by atoms with E-state index in [1.54, 1.807) is 6.92 Å². The van der Waals surface area contributed by atoms with Gasteiger partial charge in [-0.25, -0.2) is 0 Å². The number of hydrogen-bond donors (Lipinski definition) is 0. The van der Waals surface area contributed by atoms with E-state index in [2.05, 4.69) is 0 Å². The first-order chi connectivity index (χ1) is 8.54. The maximum absolute atomic E-state index is 11.7. The Hall–Kier alpha value is -1.13. The Labute approximate surface area is 107 Å². The van der Waals surface area contributed by atoms with Gasteiger partial charge in [0.25, 0.3) is 0 Å². The third-order valence-electron chi connectivity index (χ3n) is 4.50. The molecule has 0 N–H and O–H groups in total. The standard InChI is InChI=1S/C13H21NO4/c1-2-18-12(15)8-13(9-14(16)17)6-10-4-3-5-11(10)7-13/h10-11H,2-9H2,1H3. The van der Waals surface area contributed by atoms with Crippen LogP contribution in [0, 0.1) is 27.4 Å². The van der Waals surface area contributed by atoms with E-state index in [-0.39, 0.29) is 23.9 Å². The molecule has 18 heavy (non-hydrogen) atoms. The zero-order chi connectivity index (χ0) is 13.2. The molecule has 0 aromatic carbocycles. The van der Waals surface area contributed by atoms with Gasteiger partial charge in [0.2, 0.25) is 6.54 Å². The molecule has 0 bridgehead atoms. The maximum Gasteiger partial charge on any atom is 0.306 e. The van der Waals surface area contributed by atoms with Crippen LogP contribution in [-0.2, 0) is 9.53 Å². The van der Waals surface area contributed by atoms with Gasteiger partial charge in [0.1, 0.15) is 0 Å². The van der Waals surface area contributed by atoms with Crippen LogP contribution in [0.25, 0.3) is 0 Å². The van der Waals surface area contributed by atoms with Gasteiger partial charge in [-0.2, -0.15) is 0 Å². The van der Waals surface area contributed by atoms with E-state index in [1.165, 1.54) is 19.3 Å². The Morgan fingerprint density at radius 2 is 2.00 bits per heavy atom. The summed E-state index contributed by atoms with van der Waals surface area (Å²) in [6, 6.07) is 0. The summed E-state index contributed by atoms with van der Waals surface area (Å²) in [4.78, 5) is 22.3. The summed E-state index contributed by atoms with van der Waals surface area (Å²) in [5.41, 5.74) is -0.439. The molecular weight excluding hydrogens is 234 g/mol. The maximum atomic E-state index is 11.7. The lowest BCUT2D eigenvalue weighted by molar-refractivity contribution is -0.497. The molecule has 2 aliphatic rings. The first kappa shape index (κ1) is 13.3. The highest BCUT2D eigenvalue weighted by molar-refractivity contribution is 5.70. The molecule has 0 aliphatic heterocycles. The highest BCUT2D eigenvalue weighted by Crippen LogP contribution is 2.54. The van der Waals surface area contributed by atoms with Crippen LogP contribution in [0.15, 0.2) is 0 Å². The van der Waals surface area contributed by atoms with E-state index in [9.17, 15) is 14.9 Å². The van der Waals surface area contributed by atoms with E-state index < -0.39 is 5.41 Å². The molecule has 5 heteroatoms. The van der Waals surface area contributed by atoms with Crippen molar-refractivity contribution in [3.05, 3.63) is 10.1 Å². The molecule has 0 saturated heterocycles. The van der Waals surface area contributed by atoms with Crippen LogP contribution in [0.2, 0.25) is 0 Å². The Balaban J connectivity index is 2.05. The monoisotopic (exact) mass is 255 g/mol. The quantitative estimate of drug-likeness (QED) is 0.430. The molecule has 0 aromatic rings. The number of hydrogen-bond acceptors (Lipinski definition) is 4. The molecule has 2 rings (SSSR count). The van der Waals surface area contributed by atoms with Crippen LogP contribution in [0.3, 0.4) is 0 Å². The minimum absolute atomic E-state index is 0.0845. The highest BCUT2D eigenvalue weighted by atomic mass is 16.6. The molecule has 5 nitrogen and oxygen atoms in total. The molecule has 2 fully saturated rings. The predicted octanol–water partition coefficient (Wildman–Crippen LogP) is 2.41. The molecule has 0 amide bonds. The van der Waals surface area contributed by atoms with Crippen molar-refractivity contribution in [1.82, 2.24) is 0 Å². The molecule has 2 atom stereocenters. The van der Waals surface area contributed by atoms with Crippen LogP contribution in [-0.4, -0.2) is 24.0 Å². The average molecular weight is 255 g/mol. The third-order valence-corrected chi connectivity index (χ3v) is 4.50. The van der Waals surface area contributed by atoms with Crippen molar-refractivity contribution in [3.8, 4) is 0 Å². The number of carbonyl (C=O) groups excluding carboxylic acids is 1. The van der Waals surface area contributed by atoms with E-state index >= 15 is 0 Å². The highest BCUT2D eigenvalue weighted by Gasteiger charge is 2.50. The van der Waals surface area contributed by atoms with Gasteiger partial charge >= 0.3 is 5.97 Å². The van der Waals surface area contributed by atoms with Crippen molar-refractivity contribution >= 4 is 5.97 Å². The minimum Gasteiger partial charge on any atom is -0.466 e. The molecular formula is C13H21NO4. The first-order valence-corrected chi connectivity index (χ1v) is 6.82. The van der Waals surface area contributed by atoms with E-state index in [4.69, 9.17) is 4.74 Å². The second kappa shape index (κ2) is 5.24. The lowest BCUT2D eigenvalue weighted by atomic mass is 9.80. The Morgan fingerprint density at radius 1 is 1.39 bits per heavy atom. The van der Waals surface area contributed by atoms with Gasteiger partial charge in [0.15, 0.2) is 0 Å². The van der Waals surface area contributed by atoms with Gasteiger partial charge in [0.05, 0.1) is 13.0 Å². The predicted molar refractivity (Wildman–Crippen MR) is 65.6 cm³/mol. The molecule has 0 spiro atoms. The lowest BCUT2D eigenvalue weighted by Crippen LogP contribution is -2.31. The SMILES string of the molecule is CCOC(=O)CC1(C[N+](=O)[O-])CC2CCCC2C1. The van der Waals surface area contributed by atoms with Crippen molar-refractivity contribution in [1.29, 1.82) is 0 Å². The number of carbonyl (C=O) groups is 1. The number of ether oxygens (including phenoxy) is 1. The number of nitro groups is 1. The fourth-order valence-corrected chi connectivity index (χ4v) is 3.97. The molecule has 0 aromatic heterocycles. The summed E-state index contributed by atoms with van der Waals surface area (Å²) in [5.74, 6) is 0.915. The van der Waals surface area contributed by atoms with Gasteiger partial charge in [-0.3, -0.25) is 14.9 Å². The summed E-state index contributed by atoms with van der Waals surface area (Å²) in [6.45, 7) is 2.03. The third kappa shape index (κ3) is 2.82. The summed E-state index contributed by atoms with van der Waals surface area (Å²) in [5, 5.41) is 10.9. The van der Waals surface area contributed by atoms with Crippen LogP contribution in [0.4, 0.5) is 0 Å². The van der Waals surface area contributed by atoms with E-state index in [0.29, 0.717) is 18.4 Å². The van der Waals surface area contributed by atoms with Crippen LogP contribution >= 0.6 is 0 Å². The van der Waals surface area contributed by atoms with Gasteiger partial charge in [-0.15, -0.1) is 0 Å². The van der Waals surface area contributed by atoms with E-state index in [1.807, 2.05) is 0 Å². The lowest BCUT2D eigenvalue weighted by Gasteiger charge is -2.24. The minimum atomic E-state index is -0.439. The Morgan fingerprint density at radius 3 is 2.50 bits per heavy atom. The van der Waals surface area contributed by atoms with Crippen molar-refractivity contribution in [3.63, 3.8) is 0 Å². The molecule has 2 unspecified atom stereocenters. The number of fused-ring (bicyclic) bond motifs is 1. The van der Waals surface area contributed by atoms with Crippen LogP contribution in [0.5, 0.6) is 0 Å². The number of nitrogens with zero attached hydrogens (tertiary/aromatic N) is 1. The normalized spacial score (nSPS) is 34.3. The zero-order valence-corrected chi connectivity index (χ0v) is 10.9. The summed E-state index contributed by atoms with van der Waals surface area (Å²) in [7, 11) is 0. The van der Waals surface area contributed by atoms with Crippen molar-refractivity contribution in [2.45, 2.75) is 45.4 Å². The topological polar surface area (TPSA) is 69.4 Å². The molecule has 2 aliphatic carbocycles. The van der Waals surface area contributed by atoms with Crippen molar-refractivity contribution < 1.29 is 14.5 Å². The van der Waals surface area contributed by atoms with Crippen LogP contribution in [0.1, 0.15) is 45.4 Å². The smallest absolute Gasteiger partial charge is 0.306 e. The summed E-state index contributed by atoms with van der Waals surface area (Å²) < 4.78 is 4.97. The fourth-order valence-electron chi connectivity index (χ4n) is 3.97. The van der Waals surface area contributed by atoms with Gasteiger partial charge in [-0.05, 0) is 31.6 Å². The second-order valence-electron chi connectivity index (χ2n) is 5.83. The van der Waals surface area contributed by atoms with Gasteiger partial charge in [-0.1, -0.05) is 19.3 Å². The molecule has 0 radical (unpaired) electrons. The molecule has 0 heterocycles. The zero-order valence-electron chi connectivity index (χ0n) is 10.9. The second-order valence-corrected chi connectivity index (χ2v) is 5.83. The molecule has 102 valence electrons. The van der Waals surface area contributed by atoms with E-state index in [0.717, 1.165) is 12.8 Å². The van der Waals surface area contributed by atoms with Gasteiger partial charge in [0, 0.05) is 10.3 Å². The fraction of sp³-hybridized carbons (Fsp3) is 0.923. The summed E-state index contributed by atoms with van der Waals surface area (Å²) >= 11 is 0. The van der Waals surface area contributed by atoms with Crippen molar-refractivity contribution in [2.24, 2.45) is 17.3 Å².